The van der Waals surface area contributed by atoms with Gasteiger partial charge in [-0.3, -0.25) is 4.79 Å². The average molecular weight is 495 g/mol. The van der Waals surface area contributed by atoms with Crippen LogP contribution in [0.15, 0.2) is 36.5 Å². The second-order valence-corrected chi connectivity index (χ2v) is 12.0. The molecule has 192 valence electrons. The summed E-state index contributed by atoms with van der Waals surface area (Å²) in [5, 5.41) is 15.3. The third kappa shape index (κ3) is 5.46. The van der Waals surface area contributed by atoms with E-state index >= 15 is 0 Å². The average Bonchev–Trinajstić information content (AvgIpc) is 3.18. The molecule has 5 unspecified atom stereocenters. The predicted octanol–water partition coefficient (Wildman–Crippen LogP) is 3.24. The largest absolute Gasteiger partial charge is 0.412 e. The summed E-state index contributed by atoms with van der Waals surface area (Å²) in [4.78, 5) is 15.6. The lowest BCUT2D eigenvalue weighted by Crippen LogP contribution is -2.64. The fourth-order valence-corrected chi connectivity index (χ4v) is 6.37. The van der Waals surface area contributed by atoms with Crippen LogP contribution in [-0.2, 0) is 9.53 Å². The van der Waals surface area contributed by atoms with Crippen LogP contribution in [0.1, 0.15) is 53.4 Å². The van der Waals surface area contributed by atoms with Crippen molar-refractivity contribution in [2.75, 3.05) is 19.6 Å². The van der Waals surface area contributed by atoms with Crippen LogP contribution < -0.4 is 5.32 Å². The lowest BCUT2D eigenvalue weighted by atomic mass is 9.62. The molecule has 2 heterocycles. The Bertz CT molecular complexity index is 790. The Kier molecular flexibility index (Phi) is 8.73. The number of nitrogens with one attached hydrogen (secondary N) is 1. The van der Waals surface area contributed by atoms with E-state index < -0.39 is 11.0 Å². The van der Waals surface area contributed by atoms with Crippen molar-refractivity contribution in [1.29, 1.82) is 0 Å². The minimum Gasteiger partial charge on any atom is -0.412 e. The fraction of sp³-hybridized carbons (Fsp3) is 0.741. The highest BCUT2D eigenvalue weighted by Crippen LogP contribution is 2.47. The minimum atomic E-state index is -0.826. The lowest BCUT2D eigenvalue weighted by Gasteiger charge is -2.54. The van der Waals surface area contributed by atoms with Crippen LogP contribution >= 0.6 is 11.6 Å². The first kappa shape index (κ1) is 27.4. The molecule has 4 rings (SSSR count). The number of ether oxygens (including phenoxy) is 1. The number of carbonyl (C=O) groups is 1. The van der Waals surface area contributed by atoms with Gasteiger partial charge in [0.15, 0.2) is 0 Å². The minimum absolute atomic E-state index is 0. The summed E-state index contributed by atoms with van der Waals surface area (Å²) in [5.74, 6) is 0.838. The van der Waals surface area contributed by atoms with E-state index in [9.17, 15) is 9.90 Å². The first-order valence-corrected chi connectivity index (χ1v) is 13.1. The molecule has 2 aliphatic carbocycles. The Balaban J connectivity index is 0.00000324. The van der Waals surface area contributed by atoms with E-state index in [1.807, 2.05) is 17.1 Å². The van der Waals surface area contributed by atoms with Gasteiger partial charge in [-0.15, -0.1) is 11.6 Å². The van der Waals surface area contributed by atoms with Gasteiger partial charge in [0.2, 0.25) is 5.91 Å². The highest BCUT2D eigenvalue weighted by Gasteiger charge is 2.53. The molecule has 0 spiro atoms. The number of nitrogens with zero attached hydrogens (tertiary/aromatic N) is 1. The zero-order chi connectivity index (χ0) is 23.8. The molecule has 6 nitrogen and oxygen atoms in total. The molecule has 1 amide bonds. The van der Waals surface area contributed by atoms with Gasteiger partial charge in [0, 0.05) is 36.9 Å². The normalized spacial score (nSPS) is 37.4. The predicted molar refractivity (Wildman–Crippen MR) is 137 cm³/mol. The van der Waals surface area contributed by atoms with E-state index in [0.717, 1.165) is 19.3 Å². The number of halogens is 1. The molecular weight excluding hydrogens is 452 g/mol. The Labute approximate surface area is 209 Å². The zero-order valence-corrected chi connectivity index (χ0v) is 21.8. The molecule has 2 fully saturated rings. The molecule has 0 radical (unpaired) electrons. The molecule has 0 aromatic carbocycles. The fourth-order valence-electron chi connectivity index (χ4n) is 6.16. The molecule has 0 bridgehead atoms. The lowest BCUT2D eigenvalue weighted by molar-refractivity contribution is -0.164. The molecular formula is C27H43ClN2O4. The number of aliphatic hydroxyl groups is 1. The first-order chi connectivity index (χ1) is 15.6. The molecule has 0 aromatic rings. The third-order valence-electron chi connectivity index (χ3n) is 8.33. The van der Waals surface area contributed by atoms with Gasteiger partial charge in [0.25, 0.3) is 0 Å². The maximum Gasteiger partial charge on any atom is 0.239 e. The van der Waals surface area contributed by atoms with E-state index in [1.165, 1.54) is 0 Å². The number of carbonyl (C=O) groups excluding carboxylic acids is 1. The van der Waals surface area contributed by atoms with Crippen molar-refractivity contribution < 1.29 is 20.1 Å². The van der Waals surface area contributed by atoms with Gasteiger partial charge in [-0.05, 0) is 31.6 Å². The van der Waals surface area contributed by atoms with Crippen LogP contribution in [-0.4, -0.2) is 70.3 Å². The van der Waals surface area contributed by atoms with Crippen molar-refractivity contribution in [2.24, 2.45) is 23.2 Å². The monoisotopic (exact) mass is 494 g/mol. The van der Waals surface area contributed by atoms with Crippen molar-refractivity contribution in [3.05, 3.63) is 36.5 Å². The smallest absolute Gasteiger partial charge is 0.239 e. The summed E-state index contributed by atoms with van der Waals surface area (Å²) in [6.07, 6.45) is 16.3. The highest BCUT2D eigenvalue weighted by molar-refractivity contribution is 6.21. The van der Waals surface area contributed by atoms with E-state index in [0.29, 0.717) is 32.0 Å². The zero-order valence-electron chi connectivity index (χ0n) is 21.0. The number of rotatable bonds is 6. The van der Waals surface area contributed by atoms with Crippen molar-refractivity contribution in [2.45, 2.75) is 82.6 Å². The number of hydrogen-bond acceptors (Lipinski definition) is 4. The molecule has 34 heavy (non-hydrogen) atoms. The maximum atomic E-state index is 13.6. The van der Waals surface area contributed by atoms with Crippen LogP contribution in [0.2, 0.25) is 0 Å². The molecule has 2 aliphatic heterocycles. The van der Waals surface area contributed by atoms with Gasteiger partial charge in [-0.1, -0.05) is 64.2 Å². The van der Waals surface area contributed by atoms with Crippen LogP contribution in [0.4, 0.5) is 0 Å². The van der Waals surface area contributed by atoms with E-state index in [1.54, 1.807) is 0 Å². The topological polar surface area (TPSA) is 93.3 Å². The molecule has 4 aliphatic rings. The molecule has 7 atom stereocenters. The summed E-state index contributed by atoms with van der Waals surface area (Å²) in [6, 6.07) is -0.254. The highest BCUT2D eigenvalue weighted by atomic mass is 35.5. The van der Waals surface area contributed by atoms with Crippen LogP contribution in [0.5, 0.6) is 0 Å². The van der Waals surface area contributed by atoms with E-state index in [-0.39, 0.29) is 46.8 Å². The molecule has 4 N–H and O–H groups in total. The Hall–Kier alpha value is -1.18. The number of likely N-dealkylation sites (tertiary alicyclic amines) is 1. The van der Waals surface area contributed by atoms with Gasteiger partial charge < -0.3 is 25.5 Å². The standard InChI is InChI=1S/C27H41ClN2O3.H2O/c1-18(2)24(29-16-22-15-19-7-5-6-8-23(19)33-22)25(31)30-14-13-27(32,26(3,4)17-30)20-9-11-21(28)12-10-20;/h5-9,11,18-24,29,32H,10,12-17H2,1-4H3;1H2/t19?,20?,21?,22?,23?,24-,27+;/m1./s1. The van der Waals surface area contributed by atoms with Gasteiger partial charge >= 0.3 is 0 Å². The Morgan fingerprint density at radius 2 is 1.94 bits per heavy atom. The van der Waals surface area contributed by atoms with Gasteiger partial charge in [-0.25, -0.2) is 0 Å². The number of amides is 1. The summed E-state index contributed by atoms with van der Waals surface area (Å²) in [7, 11) is 0. The molecule has 7 heteroatoms. The van der Waals surface area contributed by atoms with Gasteiger partial charge in [0.1, 0.15) is 0 Å². The van der Waals surface area contributed by atoms with E-state index in [2.05, 4.69) is 57.3 Å². The first-order valence-electron chi connectivity index (χ1n) is 12.7. The van der Waals surface area contributed by atoms with Crippen molar-refractivity contribution in [3.63, 3.8) is 0 Å². The second-order valence-electron chi connectivity index (χ2n) is 11.4. The van der Waals surface area contributed by atoms with Crippen LogP contribution in [0, 0.1) is 23.2 Å². The summed E-state index contributed by atoms with van der Waals surface area (Å²) in [6.45, 7) is 10.2. The quantitative estimate of drug-likeness (QED) is 0.438. The number of allylic oxidation sites excluding steroid dienone is 3. The van der Waals surface area contributed by atoms with Crippen LogP contribution in [0.3, 0.4) is 0 Å². The van der Waals surface area contributed by atoms with Gasteiger partial charge in [0.05, 0.1) is 29.2 Å². The number of hydrogen-bond donors (Lipinski definition) is 2. The maximum absolute atomic E-state index is 13.6. The number of fused-ring (bicyclic) bond motifs is 1. The number of piperidine rings is 1. The van der Waals surface area contributed by atoms with Crippen LogP contribution in [0.25, 0.3) is 0 Å². The van der Waals surface area contributed by atoms with Crippen molar-refractivity contribution in [1.82, 2.24) is 10.2 Å². The van der Waals surface area contributed by atoms with E-state index in [4.69, 9.17) is 16.3 Å². The third-order valence-corrected chi connectivity index (χ3v) is 8.69. The SMILES string of the molecule is CC(C)[C@@H](NCC1CC2C=CC=CC2O1)C(=O)N1CC[C@](O)(C2C=CC(Cl)CC2)C(C)(C)C1.O. The molecule has 0 saturated carbocycles. The second kappa shape index (κ2) is 10.8. The molecule has 0 aromatic heterocycles. The van der Waals surface area contributed by atoms with Crippen molar-refractivity contribution in [3.8, 4) is 0 Å². The summed E-state index contributed by atoms with van der Waals surface area (Å²) in [5.41, 5.74) is -1.23. The Morgan fingerprint density at radius 1 is 1.21 bits per heavy atom. The Morgan fingerprint density at radius 3 is 2.56 bits per heavy atom. The summed E-state index contributed by atoms with van der Waals surface area (Å²) < 4.78 is 6.18. The molecule has 2 saturated heterocycles. The number of alkyl halides is 1. The van der Waals surface area contributed by atoms with Gasteiger partial charge in [-0.2, -0.15) is 0 Å². The summed E-state index contributed by atoms with van der Waals surface area (Å²) >= 11 is 6.24. The van der Waals surface area contributed by atoms with Crippen molar-refractivity contribution >= 4 is 17.5 Å².